The van der Waals surface area contributed by atoms with Crippen LogP contribution in [0.25, 0.3) is 0 Å². The summed E-state index contributed by atoms with van der Waals surface area (Å²) in [5.41, 5.74) is 10.4. The summed E-state index contributed by atoms with van der Waals surface area (Å²) in [4.78, 5) is 27.2. The molecule has 0 saturated carbocycles. The van der Waals surface area contributed by atoms with Crippen LogP contribution in [0.2, 0.25) is 0 Å². The highest BCUT2D eigenvalue weighted by Crippen LogP contribution is 2.19. The van der Waals surface area contributed by atoms with E-state index < -0.39 is 0 Å². The average Bonchev–Trinajstić information content (AvgIpc) is 2.69. The maximum Gasteiger partial charge on any atom is 0.229 e. The first kappa shape index (κ1) is 22.6. The van der Waals surface area contributed by atoms with Crippen LogP contribution in [0.3, 0.4) is 0 Å². The summed E-state index contributed by atoms with van der Waals surface area (Å²) in [6.45, 7) is 9.18. The molecule has 0 unspecified atom stereocenters. The Kier molecular flexibility index (Phi) is 7.17. The Morgan fingerprint density at radius 2 is 1.74 bits per heavy atom. The van der Waals surface area contributed by atoms with Crippen molar-refractivity contribution in [3.05, 3.63) is 46.8 Å². The van der Waals surface area contributed by atoms with Crippen LogP contribution in [0.5, 0.6) is 0 Å². The van der Waals surface area contributed by atoms with E-state index in [1.54, 1.807) is 0 Å². The number of rotatable bonds is 3. The van der Waals surface area contributed by atoms with E-state index in [4.69, 9.17) is 18.0 Å². The van der Waals surface area contributed by atoms with Crippen molar-refractivity contribution in [1.82, 2.24) is 14.9 Å². The maximum absolute atomic E-state index is 11.5. The number of nitrogens with one attached hydrogen (secondary N) is 2. The van der Waals surface area contributed by atoms with E-state index in [-0.39, 0.29) is 11.8 Å². The minimum Gasteiger partial charge on any atom is -0.369 e. The Labute approximate surface area is 188 Å². The molecular weight excluding hydrogens is 410 g/mol. The number of benzene rings is 1. The average molecular weight is 440 g/mol. The van der Waals surface area contributed by atoms with Crippen molar-refractivity contribution in [3.63, 3.8) is 0 Å². The second-order valence-corrected chi connectivity index (χ2v) is 8.33. The number of aliphatic imine (C=N–C) groups is 1. The number of amides is 1. The number of aromatic nitrogens is 2. The Morgan fingerprint density at radius 3 is 2.32 bits per heavy atom. The lowest BCUT2D eigenvalue weighted by atomic mass is 9.96. The van der Waals surface area contributed by atoms with Crippen LogP contribution in [-0.2, 0) is 4.79 Å². The number of aryl methyl sites for hydroxylation is 4. The molecule has 164 valence electrons. The summed E-state index contributed by atoms with van der Waals surface area (Å²) in [7, 11) is 0. The first-order valence-electron chi connectivity index (χ1n) is 10.3. The van der Waals surface area contributed by atoms with Gasteiger partial charge >= 0.3 is 0 Å². The number of guanidine groups is 1. The number of hydrogen-bond acceptors (Lipinski definition) is 4. The lowest BCUT2D eigenvalue weighted by molar-refractivity contribution is -0.122. The molecule has 3 rings (SSSR count). The minimum atomic E-state index is -0.254. The predicted molar refractivity (Wildman–Crippen MR) is 128 cm³/mol. The number of nitrogens with zero attached hydrogens (tertiary/aromatic N) is 4. The second kappa shape index (κ2) is 9.82. The number of likely N-dealkylation sites (tertiary alicyclic amines) is 1. The van der Waals surface area contributed by atoms with Gasteiger partial charge in [0.25, 0.3) is 0 Å². The van der Waals surface area contributed by atoms with E-state index in [1.807, 2.05) is 39.0 Å². The minimum absolute atomic E-state index is 0.116. The molecule has 1 amide bonds. The fraction of sp³-hybridized carbons (Fsp3) is 0.409. The summed E-state index contributed by atoms with van der Waals surface area (Å²) in [6.07, 6.45) is 1.34. The molecule has 9 heteroatoms. The maximum atomic E-state index is 11.5. The van der Waals surface area contributed by atoms with E-state index in [9.17, 15) is 4.79 Å². The first-order valence-corrected chi connectivity index (χ1v) is 10.7. The van der Waals surface area contributed by atoms with Crippen molar-refractivity contribution in [2.75, 3.05) is 23.7 Å². The normalized spacial score (nSPS) is 15.0. The molecule has 1 aromatic heterocycles. The van der Waals surface area contributed by atoms with Crippen molar-refractivity contribution < 1.29 is 4.79 Å². The van der Waals surface area contributed by atoms with Gasteiger partial charge in [0.15, 0.2) is 0 Å². The van der Waals surface area contributed by atoms with Gasteiger partial charge in [0.2, 0.25) is 22.9 Å². The Balaban J connectivity index is 1.83. The highest BCUT2D eigenvalue weighted by Gasteiger charge is 2.25. The van der Waals surface area contributed by atoms with E-state index in [0.29, 0.717) is 43.0 Å². The van der Waals surface area contributed by atoms with Gasteiger partial charge in [-0.25, -0.2) is 9.97 Å². The van der Waals surface area contributed by atoms with Gasteiger partial charge < -0.3 is 16.0 Å². The van der Waals surface area contributed by atoms with Gasteiger partial charge in [0.1, 0.15) is 0 Å². The molecule has 31 heavy (non-hydrogen) atoms. The van der Waals surface area contributed by atoms with E-state index in [2.05, 4.69) is 43.5 Å². The number of anilines is 2. The number of carbonyl (C=O) groups is 1. The van der Waals surface area contributed by atoms with Crippen LogP contribution in [0, 0.1) is 33.6 Å². The molecule has 0 aliphatic carbocycles. The number of nitrogens with two attached hydrogens (primary N) is 1. The van der Waals surface area contributed by atoms with Crippen molar-refractivity contribution in [1.29, 1.82) is 0 Å². The summed E-state index contributed by atoms with van der Waals surface area (Å²) in [5.74, 6) is 0.642. The van der Waals surface area contributed by atoms with Gasteiger partial charge in [0.05, 0.1) is 0 Å². The van der Waals surface area contributed by atoms with Gasteiger partial charge in [-0.3, -0.25) is 10.1 Å². The van der Waals surface area contributed by atoms with Crippen molar-refractivity contribution >= 4 is 40.8 Å². The Hall–Kier alpha value is -3.07. The van der Waals surface area contributed by atoms with Crippen LogP contribution in [0.1, 0.15) is 35.4 Å². The van der Waals surface area contributed by atoms with Gasteiger partial charge in [-0.15, -0.1) is 0 Å². The number of hydrogen-bond donors (Lipinski definition) is 3. The van der Waals surface area contributed by atoms with Crippen molar-refractivity contribution in [2.45, 2.75) is 40.5 Å². The standard InChI is InChI=1S/C22H29N7OS/c1-13-5-6-18(14(2)11-13)26-22(31)28-21(27-20-24-15(3)12-16(4)25-20)29-9-7-17(8-10-29)19(23)30/h5-6,11-12,17H,7-10H2,1-4H3,(H2,23,30)(H2,24,25,26,27,28,31). The zero-order valence-electron chi connectivity index (χ0n) is 18.4. The number of thiocarbonyl (C=S) groups is 1. The van der Waals surface area contributed by atoms with Gasteiger partial charge in [-0.2, -0.15) is 4.99 Å². The molecule has 0 spiro atoms. The monoisotopic (exact) mass is 439 g/mol. The molecule has 1 fully saturated rings. The zero-order valence-corrected chi connectivity index (χ0v) is 19.2. The van der Waals surface area contributed by atoms with Crippen molar-refractivity contribution in [3.8, 4) is 0 Å². The molecule has 0 radical (unpaired) electrons. The van der Waals surface area contributed by atoms with E-state index in [1.165, 1.54) is 5.56 Å². The summed E-state index contributed by atoms with van der Waals surface area (Å²) < 4.78 is 0. The highest BCUT2D eigenvalue weighted by atomic mass is 32.1. The molecule has 1 aliphatic heterocycles. The fourth-order valence-corrected chi connectivity index (χ4v) is 3.82. The molecule has 8 nitrogen and oxygen atoms in total. The Morgan fingerprint density at radius 1 is 1.10 bits per heavy atom. The number of primary amides is 1. The lowest BCUT2D eigenvalue weighted by Crippen LogP contribution is -2.45. The van der Waals surface area contributed by atoms with Crippen LogP contribution in [0.4, 0.5) is 11.6 Å². The van der Waals surface area contributed by atoms with Gasteiger partial charge in [-0.05, 0) is 70.5 Å². The fourth-order valence-electron chi connectivity index (χ4n) is 3.63. The first-order chi connectivity index (χ1) is 14.7. The molecular formula is C22H29N7OS. The van der Waals surface area contributed by atoms with Gasteiger partial charge in [-0.1, -0.05) is 17.7 Å². The molecule has 0 atom stereocenters. The van der Waals surface area contributed by atoms with E-state index >= 15 is 0 Å². The smallest absolute Gasteiger partial charge is 0.229 e. The van der Waals surface area contributed by atoms with E-state index in [0.717, 1.165) is 22.6 Å². The molecule has 4 N–H and O–H groups in total. The molecule has 1 saturated heterocycles. The molecule has 1 aromatic carbocycles. The number of piperidine rings is 1. The van der Waals surface area contributed by atoms with Gasteiger partial charge in [0, 0.05) is 36.1 Å². The molecule has 2 aromatic rings. The SMILES string of the molecule is Cc1ccc(NC(=S)/N=C(/Nc2nc(C)cc(C)n2)N2CCC(C(N)=O)CC2)c(C)c1. The van der Waals surface area contributed by atoms with Crippen LogP contribution in [-0.4, -0.2) is 44.9 Å². The topological polar surface area (TPSA) is 109 Å². The Bertz CT molecular complexity index is 993. The lowest BCUT2D eigenvalue weighted by Gasteiger charge is -2.32. The number of carbonyl (C=O) groups excluding carboxylic acids is 1. The highest BCUT2D eigenvalue weighted by molar-refractivity contribution is 7.80. The van der Waals surface area contributed by atoms with Crippen LogP contribution in [0.15, 0.2) is 29.3 Å². The third kappa shape index (κ3) is 6.21. The summed E-state index contributed by atoms with van der Waals surface area (Å²) >= 11 is 5.53. The summed E-state index contributed by atoms with van der Waals surface area (Å²) in [6, 6.07) is 8.02. The molecule has 1 aliphatic rings. The third-order valence-corrected chi connectivity index (χ3v) is 5.43. The van der Waals surface area contributed by atoms with Crippen LogP contribution >= 0.6 is 12.2 Å². The molecule has 0 bridgehead atoms. The third-order valence-electron chi connectivity index (χ3n) is 5.23. The van der Waals surface area contributed by atoms with Crippen LogP contribution < -0.4 is 16.4 Å². The summed E-state index contributed by atoms with van der Waals surface area (Å²) in [5, 5.41) is 6.76. The zero-order chi connectivity index (χ0) is 22.5. The largest absolute Gasteiger partial charge is 0.369 e. The molecule has 2 heterocycles. The predicted octanol–water partition coefficient (Wildman–Crippen LogP) is 3.07. The quantitative estimate of drug-likeness (QED) is 0.383. The second-order valence-electron chi connectivity index (χ2n) is 7.95. The van der Waals surface area contributed by atoms with Crippen molar-refractivity contribution in [2.24, 2.45) is 16.6 Å².